The predicted octanol–water partition coefficient (Wildman–Crippen LogP) is 1.17. The fourth-order valence-electron chi connectivity index (χ4n) is 1.51. The summed E-state index contributed by atoms with van der Waals surface area (Å²) in [4.78, 5) is 22.2. The van der Waals surface area contributed by atoms with E-state index in [1.54, 1.807) is 0 Å². The molecule has 1 unspecified atom stereocenters. The Balaban J connectivity index is 2.09. The van der Waals surface area contributed by atoms with Crippen molar-refractivity contribution in [3.63, 3.8) is 0 Å². The minimum Gasteiger partial charge on any atom is -0.480 e. The average molecular weight is 243 g/mol. The smallest absolute Gasteiger partial charge is 0.326 e. The van der Waals surface area contributed by atoms with E-state index in [4.69, 9.17) is 9.84 Å². The van der Waals surface area contributed by atoms with Crippen molar-refractivity contribution >= 4 is 11.9 Å². The quantitative estimate of drug-likeness (QED) is 0.596. The lowest BCUT2D eigenvalue weighted by molar-refractivity contribution is -0.142. The Kier molecular flexibility index (Phi) is 5.97. The minimum absolute atomic E-state index is 0.236. The maximum atomic E-state index is 11.4. The molecule has 0 spiro atoms. The van der Waals surface area contributed by atoms with Gasteiger partial charge in [0.05, 0.1) is 6.61 Å². The SMILES string of the molecule is CCCC(NC(=O)CCOCC1CC1)C(=O)O. The van der Waals surface area contributed by atoms with Gasteiger partial charge in [0.1, 0.15) is 6.04 Å². The molecular weight excluding hydrogens is 222 g/mol. The van der Waals surface area contributed by atoms with Crippen LogP contribution in [0.15, 0.2) is 0 Å². The number of amides is 1. The number of hydrogen-bond acceptors (Lipinski definition) is 3. The van der Waals surface area contributed by atoms with Gasteiger partial charge in [0, 0.05) is 13.0 Å². The van der Waals surface area contributed by atoms with E-state index in [1.165, 1.54) is 12.8 Å². The summed E-state index contributed by atoms with van der Waals surface area (Å²) in [6.45, 7) is 2.99. The fraction of sp³-hybridized carbons (Fsp3) is 0.833. The third kappa shape index (κ3) is 6.26. The number of rotatable bonds is 9. The number of carbonyl (C=O) groups excluding carboxylic acids is 1. The average Bonchev–Trinajstić information content (AvgIpc) is 3.07. The topological polar surface area (TPSA) is 75.6 Å². The molecule has 1 aliphatic carbocycles. The summed E-state index contributed by atoms with van der Waals surface area (Å²) in [5, 5.41) is 11.4. The zero-order valence-electron chi connectivity index (χ0n) is 10.3. The number of nitrogens with one attached hydrogen (secondary N) is 1. The molecule has 0 bridgehead atoms. The van der Waals surface area contributed by atoms with E-state index in [0.29, 0.717) is 18.9 Å². The monoisotopic (exact) mass is 243 g/mol. The Morgan fingerprint density at radius 1 is 1.47 bits per heavy atom. The highest BCUT2D eigenvalue weighted by atomic mass is 16.5. The summed E-state index contributed by atoms with van der Waals surface area (Å²) in [6, 6.07) is -0.768. The van der Waals surface area contributed by atoms with Crippen LogP contribution in [0.5, 0.6) is 0 Å². The highest BCUT2D eigenvalue weighted by Gasteiger charge is 2.21. The molecule has 2 N–H and O–H groups in total. The first kappa shape index (κ1) is 14.0. The second kappa shape index (κ2) is 7.27. The lowest BCUT2D eigenvalue weighted by Crippen LogP contribution is -2.40. The molecule has 1 aliphatic rings. The summed E-state index contributed by atoms with van der Waals surface area (Å²) in [5.74, 6) is -0.536. The number of hydrogen-bond donors (Lipinski definition) is 2. The molecule has 1 rings (SSSR count). The number of aliphatic carboxylic acids is 1. The zero-order chi connectivity index (χ0) is 12.7. The van der Waals surface area contributed by atoms with Crippen LogP contribution in [0, 0.1) is 5.92 Å². The van der Waals surface area contributed by atoms with E-state index in [0.717, 1.165) is 13.0 Å². The summed E-state index contributed by atoms with van der Waals surface area (Å²) < 4.78 is 5.32. The number of carboxylic acid groups (broad SMARTS) is 1. The van der Waals surface area contributed by atoms with Gasteiger partial charge in [0.25, 0.3) is 0 Å². The third-order valence-electron chi connectivity index (χ3n) is 2.73. The van der Waals surface area contributed by atoms with Crippen LogP contribution in [-0.4, -0.2) is 36.2 Å². The second-order valence-electron chi connectivity index (χ2n) is 4.52. The van der Waals surface area contributed by atoms with Crippen LogP contribution >= 0.6 is 0 Å². The van der Waals surface area contributed by atoms with Crippen molar-refractivity contribution in [2.75, 3.05) is 13.2 Å². The molecule has 0 aromatic heterocycles. The van der Waals surface area contributed by atoms with Crippen LogP contribution in [0.25, 0.3) is 0 Å². The summed E-state index contributed by atoms with van der Waals surface area (Å²) >= 11 is 0. The van der Waals surface area contributed by atoms with Gasteiger partial charge in [-0.05, 0) is 25.2 Å². The maximum Gasteiger partial charge on any atom is 0.326 e. The Labute approximate surface area is 102 Å². The van der Waals surface area contributed by atoms with E-state index < -0.39 is 12.0 Å². The minimum atomic E-state index is -0.973. The Bertz CT molecular complexity index is 263. The van der Waals surface area contributed by atoms with Gasteiger partial charge >= 0.3 is 5.97 Å². The standard InChI is InChI=1S/C12H21NO4/c1-2-3-10(12(15)16)13-11(14)6-7-17-8-9-4-5-9/h9-10H,2-8H2,1H3,(H,13,14)(H,15,16). The molecule has 5 heteroatoms. The molecule has 0 radical (unpaired) electrons. The molecule has 5 nitrogen and oxygen atoms in total. The Morgan fingerprint density at radius 2 is 2.18 bits per heavy atom. The summed E-state index contributed by atoms with van der Waals surface area (Å²) in [6.07, 6.45) is 3.88. The largest absolute Gasteiger partial charge is 0.480 e. The molecule has 1 fully saturated rings. The molecule has 1 atom stereocenters. The first-order valence-electron chi connectivity index (χ1n) is 6.23. The lowest BCUT2D eigenvalue weighted by atomic mass is 10.1. The number of carboxylic acids is 1. The molecule has 0 aromatic carbocycles. The normalized spacial score (nSPS) is 16.5. The van der Waals surface area contributed by atoms with Crippen LogP contribution in [0.2, 0.25) is 0 Å². The van der Waals surface area contributed by atoms with Crippen molar-refractivity contribution in [1.29, 1.82) is 0 Å². The summed E-state index contributed by atoms with van der Waals surface area (Å²) in [5.41, 5.74) is 0. The van der Waals surface area contributed by atoms with Crippen molar-refractivity contribution < 1.29 is 19.4 Å². The van der Waals surface area contributed by atoms with Gasteiger partial charge in [0.15, 0.2) is 0 Å². The number of ether oxygens (including phenoxy) is 1. The highest BCUT2D eigenvalue weighted by Crippen LogP contribution is 2.28. The van der Waals surface area contributed by atoms with Crippen LogP contribution in [0.1, 0.15) is 39.0 Å². The molecular formula is C12H21NO4. The van der Waals surface area contributed by atoms with Gasteiger partial charge in [-0.25, -0.2) is 4.79 Å². The molecule has 0 aliphatic heterocycles. The van der Waals surface area contributed by atoms with Gasteiger partial charge < -0.3 is 15.2 Å². The van der Waals surface area contributed by atoms with Gasteiger partial charge in [0.2, 0.25) is 5.91 Å². The second-order valence-corrected chi connectivity index (χ2v) is 4.52. The highest BCUT2D eigenvalue weighted by molar-refractivity contribution is 5.83. The molecule has 0 saturated heterocycles. The van der Waals surface area contributed by atoms with Crippen LogP contribution in [0.4, 0.5) is 0 Å². The molecule has 1 saturated carbocycles. The molecule has 1 amide bonds. The van der Waals surface area contributed by atoms with Crippen molar-refractivity contribution in [2.24, 2.45) is 5.92 Å². The van der Waals surface area contributed by atoms with Crippen LogP contribution in [-0.2, 0) is 14.3 Å². The van der Waals surface area contributed by atoms with E-state index >= 15 is 0 Å². The first-order valence-corrected chi connectivity index (χ1v) is 6.23. The van der Waals surface area contributed by atoms with Gasteiger partial charge in [-0.15, -0.1) is 0 Å². The van der Waals surface area contributed by atoms with Crippen molar-refractivity contribution in [3.8, 4) is 0 Å². The van der Waals surface area contributed by atoms with Crippen molar-refractivity contribution in [3.05, 3.63) is 0 Å². The lowest BCUT2D eigenvalue weighted by Gasteiger charge is -2.13. The molecule has 0 aromatic rings. The number of carbonyl (C=O) groups is 2. The maximum absolute atomic E-state index is 11.4. The van der Waals surface area contributed by atoms with Crippen molar-refractivity contribution in [2.45, 2.75) is 45.1 Å². The van der Waals surface area contributed by atoms with E-state index in [9.17, 15) is 9.59 Å². The fourth-order valence-corrected chi connectivity index (χ4v) is 1.51. The summed E-state index contributed by atoms with van der Waals surface area (Å²) in [7, 11) is 0. The Morgan fingerprint density at radius 3 is 2.71 bits per heavy atom. The van der Waals surface area contributed by atoms with Gasteiger partial charge in [-0.2, -0.15) is 0 Å². The third-order valence-corrected chi connectivity index (χ3v) is 2.73. The first-order chi connectivity index (χ1) is 8.13. The Hall–Kier alpha value is -1.10. The van der Waals surface area contributed by atoms with E-state index in [1.807, 2.05) is 6.92 Å². The van der Waals surface area contributed by atoms with Crippen molar-refractivity contribution in [1.82, 2.24) is 5.32 Å². The van der Waals surface area contributed by atoms with E-state index in [-0.39, 0.29) is 12.3 Å². The van der Waals surface area contributed by atoms with E-state index in [2.05, 4.69) is 5.32 Å². The van der Waals surface area contributed by atoms with Crippen LogP contribution in [0.3, 0.4) is 0 Å². The zero-order valence-corrected chi connectivity index (χ0v) is 10.3. The van der Waals surface area contributed by atoms with Crippen LogP contribution < -0.4 is 5.32 Å². The molecule has 17 heavy (non-hydrogen) atoms. The van der Waals surface area contributed by atoms with Gasteiger partial charge in [-0.1, -0.05) is 13.3 Å². The molecule has 0 heterocycles. The van der Waals surface area contributed by atoms with Gasteiger partial charge in [-0.3, -0.25) is 4.79 Å². The predicted molar refractivity (Wildman–Crippen MR) is 62.6 cm³/mol. The molecule has 98 valence electrons.